The zero-order valence-electron chi connectivity index (χ0n) is 9.96. The molecule has 0 atom stereocenters. The lowest BCUT2D eigenvalue weighted by atomic mass is 9.98. The quantitative estimate of drug-likeness (QED) is 0.610. The van der Waals surface area contributed by atoms with Crippen LogP contribution in [0.1, 0.15) is 24.0 Å². The van der Waals surface area contributed by atoms with Crippen molar-refractivity contribution in [1.29, 1.82) is 0 Å². The largest absolute Gasteiger partial charge is 0.486 e. The molecule has 0 bridgehead atoms. The lowest BCUT2D eigenvalue weighted by molar-refractivity contribution is 0.171. The maximum absolute atomic E-state index is 10.5. The summed E-state index contributed by atoms with van der Waals surface area (Å²) in [5, 5.41) is 0.551. The van der Waals surface area contributed by atoms with Crippen molar-refractivity contribution in [2.75, 3.05) is 13.2 Å². The van der Waals surface area contributed by atoms with E-state index in [1.807, 2.05) is 13.0 Å². The van der Waals surface area contributed by atoms with Crippen molar-refractivity contribution in [3.63, 3.8) is 0 Å². The van der Waals surface area contributed by atoms with Gasteiger partial charge in [0.1, 0.15) is 13.2 Å². The molecule has 1 aromatic rings. The molecule has 0 amide bonds. The molecule has 0 spiro atoms. The smallest absolute Gasteiger partial charge is 0.235 e. The second-order valence-electron chi connectivity index (χ2n) is 4.62. The van der Waals surface area contributed by atoms with Crippen LogP contribution in [0.4, 0.5) is 0 Å². The predicted octanol–water partition coefficient (Wildman–Crippen LogP) is 2.74. The van der Waals surface area contributed by atoms with Crippen molar-refractivity contribution < 1.29 is 14.3 Å². The Kier molecular flexibility index (Phi) is 2.58. The summed E-state index contributed by atoms with van der Waals surface area (Å²) in [5.74, 6) is 1.23. The molecule has 0 radical (unpaired) electrons. The van der Waals surface area contributed by atoms with Crippen molar-refractivity contribution in [3.8, 4) is 11.5 Å². The number of rotatable bonds is 2. The minimum Gasteiger partial charge on any atom is -0.486 e. The Morgan fingerprint density at radius 1 is 1.39 bits per heavy atom. The monoisotopic (exact) mass is 265 g/mol. The molecule has 1 fully saturated rings. The van der Waals surface area contributed by atoms with Gasteiger partial charge in [0.05, 0.1) is 10.6 Å². The molecule has 3 rings (SSSR count). The third kappa shape index (κ3) is 1.61. The summed E-state index contributed by atoms with van der Waals surface area (Å²) in [7, 11) is 0. The first-order valence-corrected chi connectivity index (χ1v) is 6.24. The van der Waals surface area contributed by atoms with Gasteiger partial charge in [-0.25, -0.2) is 4.79 Å². The number of isocyanates is 1. The van der Waals surface area contributed by atoms with E-state index < -0.39 is 5.54 Å². The number of fused-ring (bicyclic) bond motifs is 1. The van der Waals surface area contributed by atoms with Crippen LogP contribution < -0.4 is 9.47 Å². The van der Waals surface area contributed by atoms with Gasteiger partial charge in [0.2, 0.25) is 6.08 Å². The molecule has 1 saturated carbocycles. The van der Waals surface area contributed by atoms with E-state index in [0.717, 1.165) is 24.0 Å². The average molecular weight is 266 g/mol. The van der Waals surface area contributed by atoms with E-state index in [-0.39, 0.29) is 0 Å². The molecule has 0 saturated heterocycles. The summed E-state index contributed by atoms with van der Waals surface area (Å²) in [6, 6.07) is 1.89. The highest BCUT2D eigenvalue weighted by atomic mass is 35.5. The Morgan fingerprint density at radius 3 is 2.78 bits per heavy atom. The van der Waals surface area contributed by atoms with Crippen molar-refractivity contribution in [2.45, 2.75) is 25.3 Å². The molecule has 1 aromatic carbocycles. The van der Waals surface area contributed by atoms with Crippen molar-refractivity contribution in [2.24, 2.45) is 4.99 Å². The Bertz CT molecular complexity index is 560. The Hall–Kier alpha value is -1.51. The van der Waals surface area contributed by atoms with E-state index in [9.17, 15) is 4.79 Å². The normalized spacial score (nSPS) is 19.0. The fourth-order valence-electron chi connectivity index (χ4n) is 2.37. The van der Waals surface area contributed by atoms with Gasteiger partial charge < -0.3 is 9.47 Å². The summed E-state index contributed by atoms with van der Waals surface area (Å²) in [6.07, 6.45) is 3.35. The summed E-state index contributed by atoms with van der Waals surface area (Å²) >= 11 is 6.31. The molecule has 1 aliphatic heterocycles. The third-order valence-corrected chi connectivity index (χ3v) is 3.96. The van der Waals surface area contributed by atoms with Crippen LogP contribution in [-0.4, -0.2) is 19.3 Å². The van der Waals surface area contributed by atoms with Crippen LogP contribution in [0.15, 0.2) is 11.1 Å². The zero-order valence-corrected chi connectivity index (χ0v) is 10.7. The van der Waals surface area contributed by atoms with Crippen molar-refractivity contribution >= 4 is 17.7 Å². The number of carbonyl (C=O) groups excluding carboxylic acids is 1. The van der Waals surface area contributed by atoms with Crippen LogP contribution in [0.5, 0.6) is 11.5 Å². The van der Waals surface area contributed by atoms with Crippen LogP contribution >= 0.6 is 11.6 Å². The minimum atomic E-state index is -0.439. The van der Waals surface area contributed by atoms with Gasteiger partial charge in [0, 0.05) is 0 Å². The van der Waals surface area contributed by atoms with E-state index in [4.69, 9.17) is 21.1 Å². The maximum Gasteiger partial charge on any atom is 0.235 e. The van der Waals surface area contributed by atoms with Gasteiger partial charge in [0.15, 0.2) is 11.5 Å². The molecule has 5 heteroatoms. The van der Waals surface area contributed by atoms with Gasteiger partial charge >= 0.3 is 0 Å². The van der Waals surface area contributed by atoms with Gasteiger partial charge in [0.25, 0.3) is 0 Å². The minimum absolute atomic E-state index is 0.439. The van der Waals surface area contributed by atoms with E-state index in [1.54, 1.807) is 6.08 Å². The molecule has 18 heavy (non-hydrogen) atoms. The van der Waals surface area contributed by atoms with Crippen LogP contribution in [0, 0.1) is 6.92 Å². The maximum atomic E-state index is 10.5. The summed E-state index contributed by atoms with van der Waals surface area (Å²) in [5.41, 5.74) is 1.41. The molecular formula is C13H12ClNO3. The van der Waals surface area contributed by atoms with Crippen LogP contribution in [0.25, 0.3) is 0 Å². The second kappa shape index (κ2) is 4.01. The number of hydrogen-bond donors (Lipinski definition) is 0. The first-order valence-electron chi connectivity index (χ1n) is 5.86. The van der Waals surface area contributed by atoms with Gasteiger partial charge in [-0.3, -0.25) is 0 Å². The number of ether oxygens (including phenoxy) is 2. The molecule has 4 nitrogen and oxygen atoms in total. The lowest BCUT2D eigenvalue weighted by Gasteiger charge is -2.23. The van der Waals surface area contributed by atoms with Crippen LogP contribution in [0.2, 0.25) is 5.02 Å². The van der Waals surface area contributed by atoms with Crippen molar-refractivity contribution in [1.82, 2.24) is 0 Å². The number of benzene rings is 1. The Morgan fingerprint density at radius 2 is 2.11 bits per heavy atom. The topological polar surface area (TPSA) is 47.9 Å². The summed E-state index contributed by atoms with van der Waals surface area (Å²) in [4.78, 5) is 14.5. The number of aliphatic imine (C=N–C) groups is 1. The van der Waals surface area contributed by atoms with Crippen molar-refractivity contribution in [3.05, 3.63) is 22.2 Å². The zero-order chi connectivity index (χ0) is 12.8. The fourth-order valence-corrected chi connectivity index (χ4v) is 2.62. The summed E-state index contributed by atoms with van der Waals surface area (Å²) in [6.45, 7) is 2.93. The molecule has 0 N–H and O–H groups in total. The molecule has 2 aliphatic rings. The lowest BCUT2D eigenvalue weighted by Crippen LogP contribution is -2.17. The SMILES string of the molecule is Cc1c(C2(N=C=O)CC2)cc2c(c1Cl)OCCO2. The first kappa shape index (κ1) is 11.6. The van der Waals surface area contributed by atoms with Crippen LogP contribution in [-0.2, 0) is 10.3 Å². The molecule has 1 aliphatic carbocycles. The molecule has 0 aromatic heterocycles. The highest BCUT2D eigenvalue weighted by molar-refractivity contribution is 6.33. The standard InChI is InChI=1S/C13H12ClNO3/c1-8-9(13(2-3-13)15-7-16)6-10-12(11(8)14)18-5-4-17-10/h6H,2-5H2,1H3. The van der Waals surface area contributed by atoms with Crippen LogP contribution in [0.3, 0.4) is 0 Å². The molecule has 1 heterocycles. The molecule has 0 unspecified atom stereocenters. The number of hydrogen-bond acceptors (Lipinski definition) is 4. The number of halogens is 1. The predicted molar refractivity (Wildman–Crippen MR) is 66.2 cm³/mol. The first-order chi connectivity index (χ1) is 8.68. The highest BCUT2D eigenvalue weighted by Gasteiger charge is 2.47. The fraction of sp³-hybridized carbons (Fsp3) is 0.462. The summed E-state index contributed by atoms with van der Waals surface area (Å²) < 4.78 is 11.1. The molecule has 94 valence electrons. The molecular weight excluding hydrogens is 254 g/mol. The third-order valence-electron chi connectivity index (χ3n) is 3.50. The average Bonchev–Trinajstić information content (AvgIpc) is 3.15. The van der Waals surface area contributed by atoms with Gasteiger partial charge in [-0.2, -0.15) is 4.99 Å². The Balaban J connectivity index is 2.16. The Labute approximate surface area is 110 Å². The second-order valence-corrected chi connectivity index (χ2v) is 5.00. The number of nitrogens with zero attached hydrogens (tertiary/aromatic N) is 1. The highest BCUT2D eigenvalue weighted by Crippen LogP contribution is 2.54. The van der Waals surface area contributed by atoms with E-state index in [0.29, 0.717) is 29.7 Å². The van der Waals surface area contributed by atoms with Gasteiger partial charge in [-0.05, 0) is 37.0 Å². The van der Waals surface area contributed by atoms with E-state index in [2.05, 4.69) is 4.99 Å². The van der Waals surface area contributed by atoms with E-state index >= 15 is 0 Å². The van der Waals surface area contributed by atoms with E-state index in [1.165, 1.54) is 0 Å². The van der Waals surface area contributed by atoms with Gasteiger partial charge in [-0.1, -0.05) is 11.6 Å². The van der Waals surface area contributed by atoms with Gasteiger partial charge in [-0.15, -0.1) is 0 Å².